The minimum absolute atomic E-state index is 1.19. The van der Waals surface area contributed by atoms with E-state index in [1.54, 1.807) is 0 Å². The highest BCUT2D eigenvalue weighted by Gasteiger charge is 1.84. The molecule has 2 heterocycles. The number of aromatic nitrogens is 1. The van der Waals surface area contributed by atoms with Gasteiger partial charge in [-0.05, 0) is 18.2 Å². The molecule has 9 heavy (non-hydrogen) atoms. The first kappa shape index (κ1) is 4.62. The van der Waals surface area contributed by atoms with Crippen LogP contribution >= 0.6 is 0 Å². The van der Waals surface area contributed by atoms with Crippen LogP contribution in [0.1, 0.15) is 0 Å². The first-order chi connectivity index (χ1) is 4.47. The zero-order chi connectivity index (χ0) is 6.10. The zero-order valence-electron chi connectivity index (χ0n) is 4.91. The Morgan fingerprint density at radius 1 is 1.33 bits per heavy atom. The summed E-state index contributed by atoms with van der Waals surface area (Å²) in [7, 11) is 0. The molecule has 1 heteroatoms. The van der Waals surface area contributed by atoms with Gasteiger partial charge in [-0.1, -0.05) is 6.07 Å². The Kier molecular flexibility index (Phi) is 0.833. The lowest BCUT2D eigenvalue weighted by Gasteiger charge is -1.88. The molecule has 0 unspecified atom stereocenters. The van der Waals surface area contributed by atoms with Gasteiger partial charge in [0.1, 0.15) is 0 Å². The molecule has 2 rings (SSSR count). The van der Waals surface area contributed by atoms with Crippen LogP contribution in [0.5, 0.6) is 0 Å². The van der Waals surface area contributed by atoms with Crippen LogP contribution in [0.3, 0.4) is 0 Å². The van der Waals surface area contributed by atoms with E-state index in [9.17, 15) is 0 Å². The van der Waals surface area contributed by atoms with Crippen molar-refractivity contribution in [2.45, 2.75) is 0 Å². The van der Waals surface area contributed by atoms with Crippen molar-refractivity contribution in [3.8, 4) is 0 Å². The quantitative estimate of drug-likeness (QED) is 0.494. The number of hydrogen-bond donors (Lipinski definition) is 0. The van der Waals surface area contributed by atoms with Gasteiger partial charge in [0.05, 0.1) is 0 Å². The summed E-state index contributed by atoms with van der Waals surface area (Å²) in [4.78, 5) is 0. The molecule has 0 aliphatic carbocycles. The molecular formula is C8H6N. The van der Waals surface area contributed by atoms with E-state index < -0.39 is 0 Å². The van der Waals surface area contributed by atoms with Crippen LogP contribution in [0.4, 0.5) is 0 Å². The van der Waals surface area contributed by atoms with Crippen LogP contribution in [-0.4, -0.2) is 4.40 Å². The Balaban J connectivity index is 2.95. The monoisotopic (exact) mass is 116 g/mol. The van der Waals surface area contributed by atoms with Gasteiger partial charge in [-0.25, -0.2) is 0 Å². The molecule has 2 aromatic rings. The molecule has 2 aromatic heterocycles. The van der Waals surface area contributed by atoms with Crippen molar-refractivity contribution in [3.63, 3.8) is 0 Å². The van der Waals surface area contributed by atoms with E-state index in [-0.39, 0.29) is 0 Å². The van der Waals surface area contributed by atoms with E-state index in [1.165, 1.54) is 5.52 Å². The summed E-state index contributed by atoms with van der Waals surface area (Å²) in [6.45, 7) is 0. The number of nitrogens with zero attached hydrogens (tertiary/aromatic N) is 1. The second kappa shape index (κ2) is 1.62. The highest BCUT2D eigenvalue weighted by Crippen LogP contribution is 2.00. The second-order valence-electron chi connectivity index (χ2n) is 1.97. The molecule has 0 saturated carbocycles. The third-order valence-corrected chi connectivity index (χ3v) is 1.37. The summed E-state index contributed by atoms with van der Waals surface area (Å²) in [5.74, 6) is 0. The van der Waals surface area contributed by atoms with E-state index >= 15 is 0 Å². The molecule has 0 amide bonds. The molecule has 0 bridgehead atoms. The Hall–Kier alpha value is -1.24. The van der Waals surface area contributed by atoms with Gasteiger partial charge < -0.3 is 4.40 Å². The van der Waals surface area contributed by atoms with Crippen molar-refractivity contribution in [3.05, 3.63) is 42.7 Å². The predicted octanol–water partition coefficient (Wildman–Crippen LogP) is 1.74. The van der Waals surface area contributed by atoms with Gasteiger partial charge in [-0.2, -0.15) is 0 Å². The van der Waals surface area contributed by atoms with Gasteiger partial charge in [0.25, 0.3) is 0 Å². The third-order valence-electron chi connectivity index (χ3n) is 1.37. The summed E-state index contributed by atoms with van der Waals surface area (Å²) in [6.07, 6.45) is 3.92. The van der Waals surface area contributed by atoms with Gasteiger partial charge >= 0.3 is 0 Å². The average Bonchev–Trinajstić information content (AvgIpc) is 2.33. The van der Waals surface area contributed by atoms with Gasteiger partial charge in [-0.15, -0.1) is 0 Å². The predicted molar refractivity (Wildman–Crippen MR) is 36.2 cm³/mol. The Bertz CT molecular complexity index is 279. The molecule has 1 nitrogen and oxygen atoms in total. The number of rotatable bonds is 0. The average molecular weight is 116 g/mol. The first-order valence-corrected chi connectivity index (χ1v) is 2.89. The molecule has 0 aromatic carbocycles. The molecule has 0 spiro atoms. The Morgan fingerprint density at radius 3 is 3.22 bits per heavy atom. The minimum atomic E-state index is 1.19. The van der Waals surface area contributed by atoms with Crippen molar-refractivity contribution in [1.82, 2.24) is 4.40 Å². The van der Waals surface area contributed by atoms with Crippen molar-refractivity contribution in [2.75, 3.05) is 0 Å². The lowest BCUT2D eigenvalue weighted by Crippen LogP contribution is -1.75. The standard InChI is InChI=1S/C8H6N/c1-2-6-9-7-3-5-8(9)4-1/h1-2,4-7H. The van der Waals surface area contributed by atoms with E-state index in [0.717, 1.165) is 0 Å². The fourth-order valence-corrected chi connectivity index (χ4v) is 0.912. The Labute approximate surface area is 53.5 Å². The zero-order valence-corrected chi connectivity index (χ0v) is 4.91. The molecule has 0 atom stereocenters. The number of hydrogen-bond acceptors (Lipinski definition) is 0. The highest BCUT2D eigenvalue weighted by molar-refractivity contribution is 5.46. The number of pyridine rings is 1. The van der Waals surface area contributed by atoms with Crippen LogP contribution in [0.15, 0.2) is 36.7 Å². The normalized spacial score (nSPS) is 10.2. The first-order valence-electron chi connectivity index (χ1n) is 2.89. The van der Waals surface area contributed by atoms with Gasteiger partial charge in [-0.3, -0.25) is 0 Å². The summed E-state index contributed by atoms with van der Waals surface area (Å²) < 4.78 is 2.03. The molecule has 0 aliphatic rings. The molecule has 0 fully saturated rings. The molecular weight excluding hydrogens is 110 g/mol. The van der Waals surface area contributed by atoms with Crippen molar-refractivity contribution in [2.24, 2.45) is 0 Å². The second-order valence-corrected chi connectivity index (χ2v) is 1.97. The number of fused-ring (bicyclic) bond motifs is 1. The lowest BCUT2D eigenvalue weighted by atomic mass is 10.4. The molecule has 1 radical (unpaired) electrons. The van der Waals surface area contributed by atoms with Crippen molar-refractivity contribution >= 4 is 5.52 Å². The van der Waals surface area contributed by atoms with Gasteiger partial charge in [0.15, 0.2) is 0 Å². The maximum atomic E-state index is 3.00. The smallest absolute Gasteiger partial charge is 0.0456 e. The summed E-state index contributed by atoms with van der Waals surface area (Å²) in [5.41, 5.74) is 1.19. The topological polar surface area (TPSA) is 4.41 Å². The van der Waals surface area contributed by atoms with E-state index in [2.05, 4.69) is 12.1 Å². The summed E-state index contributed by atoms with van der Waals surface area (Å²) >= 11 is 0. The maximum Gasteiger partial charge on any atom is 0.0456 e. The van der Waals surface area contributed by atoms with Crippen LogP contribution in [0.25, 0.3) is 5.52 Å². The maximum absolute atomic E-state index is 3.00. The van der Waals surface area contributed by atoms with Gasteiger partial charge in [0, 0.05) is 24.0 Å². The molecule has 0 saturated heterocycles. The van der Waals surface area contributed by atoms with Gasteiger partial charge in [0.2, 0.25) is 0 Å². The van der Waals surface area contributed by atoms with Crippen molar-refractivity contribution in [1.29, 1.82) is 0 Å². The van der Waals surface area contributed by atoms with E-state index in [0.29, 0.717) is 0 Å². The van der Waals surface area contributed by atoms with Crippen LogP contribution in [0.2, 0.25) is 0 Å². The largest absolute Gasteiger partial charge is 0.323 e. The minimum Gasteiger partial charge on any atom is -0.323 e. The molecule has 0 aliphatic heterocycles. The SMILES string of the molecule is [c]1cc2ccccn2c1. The molecule has 0 N–H and O–H groups in total. The fourth-order valence-electron chi connectivity index (χ4n) is 0.912. The van der Waals surface area contributed by atoms with E-state index in [1.807, 2.05) is 35.0 Å². The van der Waals surface area contributed by atoms with Crippen LogP contribution in [-0.2, 0) is 0 Å². The molecule has 43 valence electrons. The lowest BCUT2D eigenvalue weighted by molar-refractivity contribution is 1.20. The highest BCUT2D eigenvalue weighted by atomic mass is 14.8. The summed E-state index contributed by atoms with van der Waals surface area (Å²) in [6, 6.07) is 11.0. The summed E-state index contributed by atoms with van der Waals surface area (Å²) in [5, 5.41) is 0. The van der Waals surface area contributed by atoms with Crippen LogP contribution in [0, 0.1) is 6.07 Å². The Morgan fingerprint density at radius 2 is 2.33 bits per heavy atom. The van der Waals surface area contributed by atoms with Crippen molar-refractivity contribution < 1.29 is 0 Å². The van der Waals surface area contributed by atoms with Crippen LogP contribution < -0.4 is 0 Å². The fraction of sp³-hybridized carbons (Fsp3) is 0. The third kappa shape index (κ3) is 0.617. The van der Waals surface area contributed by atoms with E-state index in [4.69, 9.17) is 0 Å².